The second-order valence-corrected chi connectivity index (χ2v) is 7.66. The van der Waals surface area contributed by atoms with Gasteiger partial charge in [-0.3, -0.25) is 9.59 Å². The fourth-order valence-corrected chi connectivity index (χ4v) is 3.62. The molecule has 1 saturated heterocycles. The van der Waals surface area contributed by atoms with Crippen LogP contribution in [0.4, 0.5) is 5.69 Å². The van der Waals surface area contributed by atoms with Crippen molar-refractivity contribution in [1.29, 1.82) is 0 Å². The van der Waals surface area contributed by atoms with Crippen LogP contribution in [0, 0.1) is 6.92 Å². The molecule has 3 aromatic rings. The van der Waals surface area contributed by atoms with Gasteiger partial charge in [0.1, 0.15) is 0 Å². The van der Waals surface area contributed by atoms with Crippen molar-refractivity contribution in [2.45, 2.75) is 26.2 Å². The summed E-state index contributed by atoms with van der Waals surface area (Å²) < 4.78 is 5.14. The van der Waals surface area contributed by atoms with Gasteiger partial charge >= 0.3 is 0 Å². The third-order valence-electron chi connectivity index (χ3n) is 5.03. The van der Waals surface area contributed by atoms with Crippen molar-refractivity contribution in [3.05, 3.63) is 64.4 Å². The molecule has 154 valence electrons. The summed E-state index contributed by atoms with van der Waals surface area (Å²) in [5.41, 5.74) is 1.99. The summed E-state index contributed by atoms with van der Waals surface area (Å²) in [6.45, 7) is 3.19. The molecule has 4 rings (SSSR count). The molecule has 0 spiro atoms. The first-order valence-electron chi connectivity index (χ1n) is 9.82. The maximum Gasteiger partial charge on any atom is 0.257 e. The highest BCUT2D eigenvalue weighted by Gasteiger charge is 2.22. The SMILES string of the molecule is Cc1noc(-c2ccc(C(=O)Nc3cc(Cl)ccc3C(=O)N3CCCCC3)cc2)n1. The van der Waals surface area contributed by atoms with Crippen LogP contribution < -0.4 is 5.32 Å². The quantitative estimate of drug-likeness (QED) is 0.662. The zero-order valence-electron chi connectivity index (χ0n) is 16.5. The number of carbonyl (C=O) groups excluding carboxylic acids is 2. The van der Waals surface area contributed by atoms with Gasteiger partial charge in [0.15, 0.2) is 5.82 Å². The molecule has 1 aliphatic heterocycles. The van der Waals surface area contributed by atoms with E-state index in [4.69, 9.17) is 16.1 Å². The van der Waals surface area contributed by atoms with Gasteiger partial charge in [0, 0.05) is 29.2 Å². The fourth-order valence-electron chi connectivity index (χ4n) is 3.45. The number of hydrogen-bond acceptors (Lipinski definition) is 5. The summed E-state index contributed by atoms with van der Waals surface area (Å²) in [5.74, 6) is 0.504. The number of benzene rings is 2. The highest BCUT2D eigenvalue weighted by atomic mass is 35.5. The Bertz CT molecular complexity index is 1070. The van der Waals surface area contributed by atoms with Crippen LogP contribution in [0.3, 0.4) is 0 Å². The number of halogens is 1. The summed E-state index contributed by atoms with van der Waals surface area (Å²) >= 11 is 6.13. The smallest absolute Gasteiger partial charge is 0.257 e. The van der Waals surface area contributed by atoms with Crippen molar-refractivity contribution in [2.24, 2.45) is 0 Å². The molecule has 0 aliphatic carbocycles. The van der Waals surface area contributed by atoms with Gasteiger partial charge in [0.2, 0.25) is 0 Å². The van der Waals surface area contributed by atoms with E-state index in [9.17, 15) is 9.59 Å². The number of amides is 2. The molecule has 0 radical (unpaired) electrons. The van der Waals surface area contributed by atoms with Crippen LogP contribution in [-0.4, -0.2) is 39.9 Å². The average molecular weight is 425 g/mol. The minimum absolute atomic E-state index is 0.0937. The van der Waals surface area contributed by atoms with Crippen molar-refractivity contribution in [3.8, 4) is 11.5 Å². The summed E-state index contributed by atoms with van der Waals surface area (Å²) in [4.78, 5) is 31.8. The van der Waals surface area contributed by atoms with Crippen LogP contribution >= 0.6 is 11.6 Å². The third kappa shape index (κ3) is 4.36. The lowest BCUT2D eigenvalue weighted by Gasteiger charge is -2.27. The molecule has 8 heteroatoms. The van der Waals surface area contributed by atoms with Crippen molar-refractivity contribution in [3.63, 3.8) is 0 Å². The first-order chi connectivity index (χ1) is 14.5. The summed E-state index contributed by atoms with van der Waals surface area (Å²) in [6, 6.07) is 11.7. The molecule has 2 amide bonds. The molecule has 1 aliphatic rings. The number of nitrogens with zero attached hydrogens (tertiary/aromatic N) is 3. The van der Waals surface area contributed by atoms with Gasteiger partial charge < -0.3 is 14.7 Å². The van der Waals surface area contributed by atoms with Gasteiger partial charge in [0.25, 0.3) is 17.7 Å². The number of anilines is 1. The molecule has 1 N–H and O–H groups in total. The zero-order chi connectivity index (χ0) is 21.1. The topological polar surface area (TPSA) is 88.3 Å². The number of hydrogen-bond donors (Lipinski definition) is 1. The molecule has 0 saturated carbocycles. The molecule has 0 unspecified atom stereocenters. The third-order valence-corrected chi connectivity index (χ3v) is 5.26. The molecular formula is C22H21ClN4O3. The van der Waals surface area contributed by atoms with Crippen LogP contribution in [0.5, 0.6) is 0 Å². The van der Waals surface area contributed by atoms with E-state index in [1.54, 1.807) is 49.4 Å². The molecule has 0 bridgehead atoms. The normalized spacial score (nSPS) is 13.9. The van der Waals surface area contributed by atoms with Crippen LogP contribution in [0.2, 0.25) is 5.02 Å². The summed E-state index contributed by atoms with van der Waals surface area (Å²) in [6.07, 6.45) is 3.12. The average Bonchev–Trinajstić information content (AvgIpc) is 3.20. The van der Waals surface area contributed by atoms with E-state index in [0.29, 0.717) is 33.6 Å². The van der Waals surface area contributed by atoms with Crippen LogP contribution in [0.25, 0.3) is 11.5 Å². The number of carbonyl (C=O) groups is 2. The van der Waals surface area contributed by atoms with E-state index in [1.165, 1.54) is 0 Å². The highest BCUT2D eigenvalue weighted by Crippen LogP contribution is 2.25. The lowest BCUT2D eigenvalue weighted by atomic mass is 10.1. The Morgan fingerprint density at radius 2 is 1.80 bits per heavy atom. The second-order valence-electron chi connectivity index (χ2n) is 7.22. The maximum atomic E-state index is 13.0. The van der Waals surface area contributed by atoms with Gasteiger partial charge in [-0.05, 0) is 68.7 Å². The number of piperidine rings is 1. The Morgan fingerprint density at radius 1 is 1.07 bits per heavy atom. The Hall–Kier alpha value is -3.19. The van der Waals surface area contributed by atoms with Gasteiger partial charge in [-0.15, -0.1) is 0 Å². The number of aromatic nitrogens is 2. The summed E-state index contributed by atoms with van der Waals surface area (Å²) in [7, 11) is 0. The van der Waals surface area contributed by atoms with Crippen molar-refractivity contribution >= 4 is 29.1 Å². The molecule has 2 aromatic carbocycles. The monoisotopic (exact) mass is 424 g/mol. The molecule has 1 aromatic heterocycles. The van der Waals surface area contributed by atoms with Gasteiger partial charge in [-0.2, -0.15) is 4.98 Å². The zero-order valence-corrected chi connectivity index (χ0v) is 17.3. The predicted octanol–water partition coefficient (Wildman–Crippen LogP) is 4.58. The molecular weight excluding hydrogens is 404 g/mol. The molecule has 7 nitrogen and oxygen atoms in total. The standard InChI is InChI=1S/C22H21ClN4O3/c1-14-24-21(30-26-14)16-7-5-15(6-8-16)20(28)25-19-13-17(23)9-10-18(19)22(29)27-11-3-2-4-12-27/h5-10,13H,2-4,11-12H2,1H3,(H,25,28). The maximum absolute atomic E-state index is 13.0. The van der Waals surface area contributed by atoms with Crippen LogP contribution in [0.1, 0.15) is 45.8 Å². The minimum Gasteiger partial charge on any atom is -0.339 e. The Morgan fingerprint density at radius 3 is 2.47 bits per heavy atom. The summed E-state index contributed by atoms with van der Waals surface area (Å²) in [5, 5.41) is 7.04. The van der Waals surface area contributed by atoms with E-state index >= 15 is 0 Å². The lowest BCUT2D eigenvalue weighted by Crippen LogP contribution is -2.36. The van der Waals surface area contributed by atoms with E-state index in [0.717, 1.165) is 37.9 Å². The molecule has 0 atom stereocenters. The van der Waals surface area contributed by atoms with Crippen LogP contribution in [0.15, 0.2) is 47.0 Å². The lowest BCUT2D eigenvalue weighted by molar-refractivity contribution is 0.0725. The van der Waals surface area contributed by atoms with Gasteiger partial charge in [-0.1, -0.05) is 16.8 Å². The number of likely N-dealkylation sites (tertiary alicyclic amines) is 1. The first kappa shape index (κ1) is 20.1. The molecule has 30 heavy (non-hydrogen) atoms. The van der Waals surface area contributed by atoms with E-state index in [1.807, 2.05) is 4.90 Å². The van der Waals surface area contributed by atoms with Crippen molar-refractivity contribution < 1.29 is 14.1 Å². The van der Waals surface area contributed by atoms with Crippen molar-refractivity contribution in [1.82, 2.24) is 15.0 Å². The van der Waals surface area contributed by atoms with Crippen LogP contribution in [-0.2, 0) is 0 Å². The van der Waals surface area contributed by atoms with E-state index in [2.05, 4.69) is 15.5 Å². The number of rotatable bonds is 4. The number of aryl methyl sites for hydroxylation is 1. The van der Waals surface area contributed by atoms with E-state index in [-0.39, 0.29) is 11.8 Å². The molecule has 1 fully saturated rings. The van der Waals surface area contributed by atoms with Gasteiger partial charge in [-0.25, -0.2) is 0 Å². The van der Waals surface area contributed by atoms with Gasteiger partial charge in [0.05, 0.1) is 11.3 Å². The highest BCUT2D eigenvalue weighted by molar-refractivity contribution is 6.31. The largest absolute Gasteiger partial charge is 0.339 e. The Balaban J connectivity index is 1.54. The minimum atomic E-state index is -0.335. The second kappa shape index (κ2) is 8.67. The fraction of sp³-hybridized carbons (Fsp3) is 0.273. The van der Waals surface area contributed by atoms with E-state index < -0.39 is 0 Å². The predicted molar refractivity (Wildman–Crippen MR) is 114 cm³/mol. The number of nitrogens with one attached hydrogen (secondary N) is 1. The Labute approximate surface area is 179 Å². The first-order valence-corrected chi connectivity index (χ1v) is 10.2. The molecule has 2 heterocycles. The van der Waals surface area contributed by atoms with Crippen molar-refractivity contribution in [2.75, 3.05) is 18.4 Å². The Kier molecular flexibility index (Phi) is 5.81.